The molecule has 0 aromatic heterocycles. The minimum absolute atomic E-state index is 0.164. The molecule has 10 heavy (non-hydrogen) atoms. The van der Waals surface area contributed by atoms with Gasteiger partial charge >= 0.3 is 0 Å². The molecule has 3 heteroatoms. The molecule has 62 valence electrons. The van der Waals surface area contributed by atoms with Crippen molar-refractivity contribution in [3.8, 4) is 0 Å². The Labute approximate surface area is 63.4 Å². The van der Waals surface area contributed by atoms with Gasteiger partial charge in [-0.1, -0.05) is 20.8 Å². The van der Waals surface area contributed by atoms with Crippen LogP contribution in [-0.4, -0.2) is 18.4 Å². The molecule has 1 atom stereocenters. The molecule has 0 aromatic rings. The van der Waals surface area contributed by atoms with E-state index in [4.69, 9.17) is 4.52 Å². The predicted molar refractivity (Wildman–Crippen MR) is 44.9 cm³/mol. The molecule has 0 spiro atoms. The third-order valence-electron chi connectivity index (χ3n) is 1.58. The molecule has 0 saturated carbocycles. The average molecular weight is 164 g/mol. The number of rotatable bonds is 4. The fourth-order valence-corrected chi connectivity index (χ4v) is 2.47. The van der Waals surface area contributed by atoms with E-state index < -0.39 is 7.37 Å². The van der Waals surface area contributed by atoms with Gasteiger partial charge in [-0.3, -0.25) is 4.57 Å². The van der Waals surface area contributed by atoms with Gasteiger partial charge in [-0.25, -0.2) is 0 Å². The molecule has 0 saturated heterocycles. The van der Waals surface area contributed by atoms with E-state index >= 15 is 0 Å². The zero-order valence-corrected chi connectivity index (χ0v) is 8.15. The molecule has 0 fully saturated rings. The van der Waals surface area contributed by atoms with Crippen LogP contribution >= 0.6 is 7.37 Å². The molecular formula is C7H17O2P. The maximum absolute atomic E-state index is 11.7. The van der Waals surface area contributed by atoms with Gasteiger partial charge in [0.15, 0.2) is 0 Å². The van der Waals surface area contributed by atoms with E-state index in [1.54, 1.807) is 0 Å². The zero-order valence-electron chi connectivity index (χ0n) is 7.26. The normalized spacial score (nSPS) is 17.3. The second-order valence-corrected chi connectivity index (χ2v) is 5.93. The lowest BCUT2D eigenvalue weighted by molar-refractivity contribution is 0.328. The van der Waals surface area contributed by atoms with Crippen molar-refractivity contribution in [2.75, 3.05) is 12.8 Å². The van der Waals surface area contributed by atoms with E-state index in [2.05, 4.69) is 0 Å². The van der Waals surface area contributed by atoms with Crippen LogP contribution in [0.3, 0.4) is 0 Å². The Kier molecular flexibility index (Phi) is 4.23. The van der Waals surface area contributed by atoms with Crippen molar-refractivity contribution < 1.29 is 9.09 Å². The lowest BCUT2D eigenvalue weighted by Gasteiger charge is -2.19. The van der Waals surface area contributed by atoms with Gasteiger partial charge in [0.05, 0.1) is 6.61 Å². The largest absolute Gasteiger partial charge is 0.329 e. The van der Waals surface area contributed by atoms with E-state index in [0.29, 0.717) is 12.8 Å². The van der Waals surface area contributed by atoms with E-state index in [-0.39, 0.29) is 5.66 Å². The Hall–Kier alpha value is 0.190. The second kappa shape index (κ2) is 4.15. The maximum Gasteiger partial charge on any atom is 0.205 e. The Bertz CT molecular complexity index is 132. The Morgan fingerprint density at radius 1 is 1.40 bits per heavy atom. The summed E-state index contributed by atoms with van der Waals surface area (Å²) in [7, 11) is -2.27. The number of hydrogen-bond acceptors (Lipinski definition) is 2. The van der Waals surface area contributed by atoms with Gasteiger partial charge in [-0.15, -0.1) is 0 Å². The summed E-state index contributed by atoms with van der Waals surface area (Å²) in [5, 5.41) is 0. The van der Waals surface area contributed by atoms with Crippen LogP contribution in [0, 0.1) is 0 Å². The standard InChI is InChI=1S/C7H17O2P/c1-5-9-10(8,6-2)7(3)4/h7H,5-6H2,1-4H3/t10-/m0/s1. The van der Waals surface area contributed by atoms with Crippen molar-refractivity contribution in [2.24, 2.45) is 0 Å². The SMILES string of the molecule is CCO[P@@](=O)(CC)C(C)C. The molecule has 2 nitrogen and oxygen atoms in total. The lowest BCUT2D eigenvalue weighted by atomic mass is 10.6. The smallest absolute Gasteiger partial charge is 0.205 e. The Morgan fingerprint density at radius 2 is 1.90 bits per heavy atom. The predicted octanol–water partition coefficient (Wildman–Crippen LogP) is 2.73. The molecule has 0 radical (unpaired) electrons. The van der Waals surface area contributed by atoms with Crippen molar-refractivity contribution in [2.45, 2.75) is 33.4 Å². The topological polar surface area (TPSA) is 26.3 Å². The molecule has 0 aliphatic carbocycles. The summed E-state index contributed by atoms with van der Waals surface area (Å²) in [4.78, 5) is 0. The van der Waals surface area contributed by atoms with Crippen LogP contribution in [0.15, 0.2) is 0 Å². The van der Waals surface area contributed by atoms with Crippen molar-refractivity contribution >= 4 is 7.37 Å². The summed E-state index contributed by atoms with van der Waals surface area (Å²) < 4.78 is 16.9. The first-order chi connectivity index (χ1) is 4.56. The van der Waals surface area contributed by atoms with Crippen LogP contribution in [-0.2, 0) is 9.09 Å². The minimum Gasteiger partial charge on any atom is -0.329 e. The maximum atomic E-state index is 11.7. The summed E-state index contributed by atoms with van der Waals surface area (Å²) in [6.07, 6.45) is 0.651. The highest BCUT2D eigenvalue weighted by Gasteiger charge is 2.23. The molecule has 0 aliphatic rings. The van der Waals surface area contributed by atoms with Crippen molar-refractivity contribution in [3.63, 3.8) is 0 Å². The van der Waals surface area contributed by atoms with Gasteiger partial charge in [0, 0.05) is 11.8 Å². The number of hydrogen-bond donors (Lipinski definition) is 0. The van der Waals surface area contributed by atoms with Gasteiger partial charge in [0.2, 0.25) is 7.37 Å². The van der Waals surface area contributed by atoms with Gasteiger partial charge in [-0.2, -0.15) is 0 Å². The molecule has 0 bridgehead atoms. The summed E-state index contributed by atoms with van der Waals surface area (Å²) in [5.74, 6) is 0. The fraction of sp³-hybridized carbons (Fsp3) is 1.00. The summed E-state index contributed by atoms with van der Waals surface area (Å²) >= 11 is 0. The van der Waals surface area contributed by atoms with Gasteiger partial charge in [0.1, 0.15) is 0 Å². The van der Waals surface area contributed by atoms with Crippen molar-refractivity contribution in [3.05, 3.63) is 0 Å². The molecule has 0 rings (SSSR count). The van der Waals surface area contributed by atoms with Gasteiger partial charge in [-0.05, 0) is 6.92 Å². The van der Waals surface area contributed by atoms with Gasteiger partial charge < -0.3 is 4.52 Å². The summed E-state index contributed by atoms with van der Waals surface area (Å²) in [5.41, 5.74) is 0.164. The van der Waals surface area contributed by atoms with Crippen molar-refractivity contribution in [1.29, 1.82) is 0 Å². The molecule has 0 heterocycles. The third kappa shape index (κ3) is 2.43. The van der Waals surface area contributed by atoms with Crippen LogP contribution in [0.2, 0.25) is 0 Å². The van der Waals surface area contributed by atoms with Crippen LogP contribution < -0.4 is 0 Å². The van der Waals surface area contributed by atoms with E-state index in [0.717, 1.165) is 0 Å². The van der Waals surface area contributed by atoms with E-state index in [1.807, 2.05) is 27.7 Å². The molecule has 0 aromatic carbocycles. The monoisotopic (exact) mass is 164 g/mol. The van der Waals surface area contributed by atoms with Crippen molar-refractivity contribution in [1.82, 2.24) is 0 Å². The average Bonchev–Trinajstić information content (AvgIpc) is 1.88. The molecule has 0 N–H and O–H groups in total. The molecule has 0 aliphatic heterocycles. The first-order valence-corrected chi connectivity index (χ1v) is 5.68. The van der Waals surface area contributed by atoms with Crippen LogP contribution in [0.25, 0.3) is 0 Å². The lowest BCUT2D eigenvalue weighted by Crippen LogP contribution is -2.03. The zero-order chi connectivity index (χ0) is 8.20. The van der Waals surface area contributed by atoms with Crippen LogP contribution in [0.1, 0.15) is 27.7 Å². The Balaban J connectivity index is 4.10. The third-order valence-corrected chi connectivity index (χ3v) is 4.73. The van der Waals surface area contributed by atoms with E-state index in [1.165, 1.54) is 0 Å². The Morgan fingerprint density at radius 3 is 2.00 bits per heavy atom. The highest BCUT2D eigenvalue weighted by molar-refractivity contribution is 7.59. The molecule has 0 amide bonds. The second-order valence-electron chi connectivity index (χ2n) is 2.55. The highest BCUT2D eigenvalue weighted by Crippen LogP contribution is 2.50. The first kappa shape index (κ1) is 10.2. The summed E-state index contributed by atoms with van der Waals surface area (Å²) in [6.45, 7) is 8.24. The highest BCUT2D eigenvalue weighted by atomic mass is 31.2. The van der Waals surface area contributed by atoms with Gasteiger partial charge in [0.25, 0.3) is 0 Å². The minimum atomic E-state index is -2.27. The fourth-order valence-electron chi connectivity index (χ4n) is 0.824. The van der Waals surface area contributed by atoms with Crippen LogP contribution in [0.4, 0.5) is 0 Å². The van der Waals surface area contributed by atoms with E-state index in [9.17, 15) is 4.57 Å². The quantitative estimate of drug-likeness (QED) is 0.597. The van der Waals surface area contributed by atoms with Crippen LogP contribution in [0.5, 0.6) is 0 Å². The molecular weight excluding hydrogens is 147 g/mol. The molecule has 0 unspecified atom stereocenters. The summed E-state index contributed by atoms with van der Waals surface area (Å²) in [6, 6.07) is 0. The first-order valence-electron chi connectivity index (χ1n) is 3.80.